The molecule has 3 N–H and O–H groups in total. The minimum absolute atomic E-state index is 0.0257. The Kier molecular flexibility index (Phi) is 7.57. The maximum absolute atomic E-state index is 13.1. The van der Waals surface area contributed by atoms with Crippen LogP contribution in [0.1, 0.15) is 27.6 Å². The number of nitrogens with zero attached hydrogens (tertiary/aromatic N) is 3. The van der Waals surface area contributed by atoms with E-state index in [1.807, 2.05) is 0 Å². The lowest BCUT2D eigenvalue weighted by molar-refractivity contribution is -0.384. The maximum Gasteiger partial charge on any atom is 0.271 e. The molecule has 0 aliphatic carbocycles. The molecule has 0 aliphatic rings. The number of hydrogen-bond acceptors (Lipinski definition) is 8. The first-order valence-electron chi connectivity index (χ1n) is 11.5. The smallest absolute Gasteiger partial charge is 0.271 e. The number of phenolic OH excluding ortho intramolecular Hbond substituents is 1. The van der Waals surface area contributed by atoms with E-state index < -0.39 is 16.6 Å². The molecule has 0 aliphatic heterocycles. The number of nitro groups is 1. The number of benzene rings is 4. The third kappa shape index (κ3) is 5.41. The minimum atomic E-state index is -0.694. The van der Waals surface area contributed by atoms with Crippen LogP contribution in [-0.4, -0.2) is 35.5 Å². The molecule has 38 heavy (non-hydrogen) atoms. The number of nitrogens with one attached hydrogen (secondary N) is 2. The van der Waals surface area contributed by atoms with Crippen LogP contribution in [0.2, 0.25) is 0 Å². The van der Waals surface area contributed by atoms with E-state index in [2.05, 4.69) is 20.9 Å². The van der Waals surface area contributed by atoms with Gasteiger partial charge in [0.15, 0.2) is 5.75 Å². The van der Waals surface area contributed by atoms with Crippen molar-refractivity contribution in [3.63, 3.8) is 0 Å². The Morgan fingerprint density at radius 3 is 2.53 bits per heavy atom. The molecule has 0 saturated heterocycles. The lowest BCUT2D eigenvalue weighted by Crippen LogP contribution is -2.22. The zero-order valence-corrected chi connectivity index (χ0v) is 20.5. The Morgan fingerprint density at radius 2 is 1.79 bits per heavy atom. The zero-order valence-electron chi connectivity index (χ0n) is 20.5. The second kappa shape index (κ2) is 11.2. The molecule has 0 fully saturated rings. The van der Waals surface area contributed by atoms with Crippen LogP contribution in [0.15, 0.2) is 83.0 Å². The molecule has 192 valence electrons. The normalized spacial score (nSPS) is 10.9. The van der Waals surface area contributed by atoms with E-state index in [0.717, 1.165) is 0 Å². The van der Waals surface area contributed by atoms with Crippen LogP contribution < -0.4 is 15.4 Å². The number of anilines is 1. The number of ether oxygens (including phenoxy) is 1. The highest BCUT2D eigenvalue weighted by molar-refractivity contribution is 6.11. The highest BCUT2D eigenvalue weighted by Gasteiger charge is 2.20. The first-order valence-corrected chi connectivity index (χ1v) is 11.5. The Hall–Kier alpha value is -5.32. The van der Waals surface area contributed by atoms with Gasteiger partial charge in [0, 0.05) is 35.3 Å². The fraction of sp³-hybridized carbons (Fsp3) is 0.111. The van der Waals surface area contributed by atoms with Gasteiger partial charge in [0.05, 0.1) is 17.6 Å². The van der Waals surface area contributed by atoms with Crippen molar-refractivity contribution < 1.29 is 24.4 Å². The standard InChI is InChI=1S/C27H23N5O6/c1-3-28-26(34)17-11-12-23(38-2)22(14-17)30-31-24-20-10-5-4-7-16(20)13-21(25(24)33)27(35)29-18-8-6-9-19(15-18)32(36)37/h4-15,33H,3H2,1-2H3,(H,28,34)(H,29,35). The number of azo groups is 1. The number of non-ortho nitro benzene ring substituents is 1. The predicted octanol–water partition coefficient (Wildman–Crippen LogP) is 5.88. The molecule has 11 nitrogen and oxygen atoms in total. The van der Waals surface area contributed by atoms with Crippen molar-refractivity contribution in [3.8, 4) is 11.5 Å². The molecule has 0 heterocycles. The lowest BCUT2D eigenvalue weighted by atomic mass is 10.0. The highest BCUT2D eigenvalue weighted by Crippen LogP contribution is 2.40. The maximum atomic E-state index is 13.1. The third-order valence-corrected chi connectivity index (χ3v) is 5.59. The molecule has 4 aromatic carbocycles. The van der Waals surface area contributed by atoms with Crippen molar-refractivity contribution in [2.24, 2.45) is 10.2 Å². The number of aromatic hydroxyl groups is 1. The first-order chi connectivity index (χ1) is 18.3. The van der Waals surface area contributed by atoms with E-state index in [9.17, 15) is 24.8 Å². The average molecular weight is 514 g/mol. The molecule has 4 aromatic rings. The first kappa shape index (κ1) is 25.8. The minimum Gasteiger partial charge on any atom is -0.505 e. The van der Waals surface area contributed by atoms with Gasteiger partial charge in [0.1, 0.15) is 17.1 Å². The highest BCUT2D eigenvalue weighted by atomic mass is 16.6. The number of rotatable bonds is 8. The van der Waals surface area contributed by atoms with Crippen LogP contribution in [0, 0.1) is 10.1 Å². The van der Waals surface area contributed by atoms with Gasteiger partial charge in [-0.2, -0.15) is 0 Å². The number of phenols is 1. The van der Waals surface area contributed by atoms with Crippen molar-refractivity contribution in [1.82, 2.24) is 5.32 Å². The number of hydrogen-bond donors (Lipinski definition) is 3. The molecule has 0 bridgehead atoms. The fourth-order valence-corrected chi connectivity index (χ4v) is 3.76. The van der Waals surface area contributed by atoms with E-state index >= 15 is 0 Å². The van der Waals surface area contributed by atoms with Gasteiger partial charge in [-0.25, -0.2) is 0 Å². The van der Waals surface area contributed by atoms with Crippen LogP contribution >= 0.6 is 0 Å². The quantitative estimate of drug-likeness (QED) is 0.152. The summed E-state index contributed by atoms with van der Waals surface area (Å²) in [6.07, 6.45) is 0. The molecular formula is C27H23N5O6. The summed E-state index contributed by atoms with van der Waals surface area (Å²) in [6.45, 7) is 2.25. The van der Waals surface area contributed by atoms with Gasteiger partial charge in [0.2, 0.25) is 0 Å². The van der Waals surface area contributed by atoms with Crippen LogP contribution in [0.5, 0.6) is 11.5 Å². The van der Waals surface area contributed by atoms with Gasteiger partial charge in [-0.1, -0.05) is 30.3 Å². The van der Waals surface area contributed by atoms with E-state index in [1.54, 1.807) is 43.3 Å². The van der Waals surface area contributed by atoms with Crippen LogP contribution in [-0.2, 0) is 0 Å². The molecule has 11 heteroatoms. The van der Waals surface area contributed by atoms with Gasteiger partial charge in [-0.05, 0) is 42.6 Å². The summed E-state index contributed by atoms with van der Waals surface area (Å²) in [7, 11) is 1.45. The number of fused-ring (bicyclic) bond motifs is 1. The van der Waals surface area contributed by atoms with E-state index in [1.165, 1.54) is 43.5 Å². The van der Waals surface area contributed by atoms with E-state index in [0.29, 0.717) is 28.6 Å². The van der Waals surface area contributed by atoms with Crippen molar-refractivity contribution in [1.29, 1.82) is 0 Å². The SMILES string of the molecule is CCNC(=O)c1ccc(OC)c(N=Nc2c(O)c(C(=O)Nc3cccc([N+](=O)[O-])c3)cc3ccccc23)c1. The number of amides is 2. The second-order valence-electron chi connectivity index (χ2n) is 8.05. The molecule has 0 unspecified atom stereocenters. The number of carbonyl (C=O) groups is 2. The Morgan fingerprint density at radius 1 is 1.00 bits per heavy atom. The molecule has 0 aromatic heterocycles. The topological polar surface area (TPSA) is 156 Å². The lowest BCUT2D eigenvalue weighted by Gasteiger charge is -2.11. The molecule has 2 amide bonds. The Bertz CT molecular complexity index is 1580. The second-order valence-corrected chi connectivity index (χ2v) is 8.05. The summed E-state index contributed by atoms with van der Waals surface area (Å²) in [5.41, 5.74) is 0.507. The summed E-state index contributed by atoms with van der Waals surface area (Å²) in [5.74, 6) is -1.07. The Balaban J connectivity index is 1.76. The molecule has 0 spiro atoms. The number of carbonyl (C=O) groups excluding carboxylic acids is 2. The summed E-state index contributed by atoms with van der Waals surface area (Å²) >= 11 is 0. The molecule has 0 atom stereocenters. The predicted molar refractivity (Wildman–Crippen MR) is 142 cm³/mol. The van der Waals surface area contributed by atoms with Gasteiger partial charge >= 0.3 is 0 Å². The largest absolute Gasteiger partial charge is 0.505 e. The zero-order chi connectivity index (χ0) is 27.2. The van der Waals surface area contributed by atoms with E-state index in [-0.39, 0.29) is 34.2 Å². The number of methoxy groups -OCH3 is 1. The van der Waals surface area contributed by atoms with Crippen molar-refractivity contribution in [2.45, 2.75) is 6.92 Å². The Labute approximate surface area is 216 Å². The average Bonchev–Trinajstić information content (AvgIpc) is 2.92. The summed E-state index contributed by atoms with van der Waals surface area (Å²) < 4.78 is 5.34. The van der Waals surface area contributed by atoms with Gasteiger partial charge in [-0.15, -0.1) is 10.2 Å². The third-order valence-electron chi connectivity index (χ3n) is 5.59. The van der Waals surface area contributed by atoms with Crippen molar-refractivity contribution >= 4 is 45.3 Å². The monoisotopic (exact) mass is 513 g/mol. The molecule has 4 rings (SSSR count). The van der Waals surface area contributed by atoms with Crippen LogP contribution in [0.25, 0.3) is 10.8 Å². The van der Waals surface area contributed by atoms with Gasteiger partial charge in [-0.3, -0.25) is 19.7 Å². The molecule has 0 saturated carbocycles. The van der Waals surface area contributed by atoms with Gasteiger partial charge < -0.3 is 20.5 Å². The molecule has 0 radical (unpaired) electrons. The summed E-state index contributed by atoms with van der Waals surface area (Å²) in [6, 6.07) is 18.6. The summed E-state index contributed by atoms with van der Waals surface area (Å²) in [4.78, 5) is 35.9. The van der Waals surface area contributed by atoms with Crippen molar-refractivity contribution in [3.05, 3.63) is 94.0 Å². The fourth-order valence-electron chi connectivity index (χ4n) is 3.76. The van der Waals surface area contributed by atoms with Crippen LogP contribution in [0.3, 0.4) is 0 Å². The van der Waals surface area contributed by atoms with Gasteiger partial charge in [0.25, 0.3) is 17.5 Å². The summed E-state index contributed by atoms with van der Waals surface area (Å²) in [5, 5.41) is 37.0. The van der Waals surface area contributed by atoms with Crippen LogP contribution in [0.4, 0.5) is 22.7 Å². The molecular weight excluding hydrogens is 490 g/mol. The van der Waals surface area contributed by atoms with Crippen molar-refractivity contribution in [2.75, 3.05) is 19.0 Å². The number of nitro benzene ring substituents is 1. The van der Waals surface area contributed by atoms with E-state index in [4.69, 9.17) is 4.74 Å².